The fourth-order valence-corrected chi connectivity index (χ4v) is 1.88. The van der Waals surface area contributed by atoms with Gasteiger partial charge in [0, 0.05) is 24.0 Å². The average Bonchev–Trinajstić information content (AvgIpc) is 2.91. The summed E-state index contributed by atoms with van der Waals surface area (Å²) < 4.78 is 0. The summed E-state index contributed by atoms with van der Waals surface area (Å²) >= 11 is 0. The van der Waals surface area contributed by atoms with Crippen LogP contribution in [0.5, 0.6) is 0 Å². The van der Waals surface area contributed by atoms with E-state index in [4.69, 9.17) is 5.73 Å². The zero-order valence-corrected chi connectivity index (χ0v) is 9.17. The third kappa shape index (κ3) is 1.79. The van der Waals surface area contributed by atoms with E-state index in [9.17, 15) is 0 Å². The van der Waals surface area contributed by atoms with Gasteiger partial charge in [-0.2, -0.15) is 0 Å². The Labute approximate surface area is 98.5 Å². The van der Waals surface area contributed by atoms with Gasteiger partial charge < -0.3 is 10.7 Å². The van der Waals surface area contributed by atoms with Gasteiger partial charge >= 0.3 is 0 Å². The van der Waals surface area contributed by atoms with Crippen molar-refractivity contribution < 1.29 is 0 Å². The van der Waals surface area contributed by atoms with E-state index in [1.54, 1.807) is 18.6 Å². The maximum atomic E-state index is 6.13. The molecule has 0 amide bonds. The minimum atomic E-state index is -0.239. The Kier molecular flexibility index (Phi) is 2.34. The summed E-state index contributed by atoms with van der Waals surface area (Å²) in [5.41, 5.74) is 8.09. The molecule has 0 saturated heterocycles. The molecular formula is C13H12N4. The first kappa shape index (κ1) is 9.99. The van der Waals surface area contributed by atoms with Gasteiger partial charge in [0.25, 0.3) is 0 Å². The second kappa shape index (κ2) is 3.99. The van der Waals surface area contributed by atoms with Gasteiger partial charge in [0.15, 0.2) is 0 Å². The fourth-order valence-electron chi connectivity index (χ4n) is 1.88. The number of aromatic amines is 1. The molecule has 2 aromatic heterocycles. The van der Waals surface area contributed by atoms with Crippen LogP contribution in [0.15, 0.2) is 48.9 Å². The second-order valence-electron chi connectivity index (χ2n) is 3.91. The molecule has 0 spiro atoms. The molecule has 17 heavy (non-hydrogen) atoms. The van der Waals surface area contributed by atoms with Crippen LogP contribution in [0.3, 0.4) is 0 Å². The quantitative estimate of drug-likeness (QED) is 0.699. The summed E-state index contributed by atoms with van der Waals surface area (Å²) in [7, 11) is 0. The van der Waals surface area contributed by atoms with Crippen LogP contribution in [-0.2, 0) is 0 Å². The highest BCUT2D eigenvalue weighted by Crippen LogP contribution is 2.20. The maximum absolute atomic E-state index is 6.13. The summed E-state index contributed by atoms with van der Waals surface area (Å²) in [5.74, 6) is 0.764. The van der Waals surface area contributed by atoms with Crippen LogP contribution >= 0.6 is 0 Å². The highest BCUT2D eigenvalue weighted by atomic mass is 14.9. The molecule has 3 rings (SSSR count). The largest absolute Gasteiger partial charge is 0.347 e. The number of hydrogen-bond donors (Lipinski definition) is 2. The summed E-state index contributed by atoms with van der Waals surface area (Å²) in [6.45, 7) is 0. The molecule has 0 saturated carbocycles. The standard InChI is InChI=1S/C13H12N4/c14-12(13-16-6-7-17-13)10-4-3-9-2-1-5-15-11(9)8-10/h1-8,12H,14H2,(H,16,17). The van der Waals surface area contributed by atoms with Crippen molar-refractivity contribution in [2.75, 3.05) is 0 Å². The third-order valence-corrected chi connectivity index (χ3v) is 2.80. The van der Waals surface area contributed by atoms with Gasteiger partial charge in [0.05, 0.1) is 11.6 Å². The van der Waals surface area contributed by atoms with Gasteiger partial charge in [0.2, 0.25) is 0 Å². The van der Waals surface area contributed by atoms with Crippen molar-refractivity contribution >= 4 is 10.9 Å². The lowest BCUT2D eigenvalue weighted by Gasteiger charge is -2.09. The average molecular weight is 224 g/mol. The van der Waals surface area contributed by atoms with Gasteiger partial charge in [-0.25, -0.2) is 4.98 Å². The minimum Gasteiger partial charge on any atom is -0.347 e. The Hall–Kier alpha value is -2.20. The molecule has 1 atom stereocenters. The Balaban J connectivity index is 2.06. The number of rotatable bonds is 2. The number of nitrogens with one attached hydrogen (secondary N) is 1. The molecular weight excluding hydrogens is 212 g/mol. The fraction of sp³-hybridized carbons (Fsp3) is 0.0769. The summed E-state index contributed by atoms with van der Waals surface area (Å²) in [5, 5.41) is 1.11. The lowest BCUT2D eigenvalue weighted by molar-refractivity contribution is 0.802. The first-order valence-corrected chi connectivity index (χ1v) is 5.44. The smallest absolute Gasteiger partial charge is 0.127 e. The Morgan fingerprint density at radius 2 is 2.06 bits per heavy atom. The van der Waals surface area contributed by atoms with Gasteiger partial charge in [-0.3, -0.25) is 4.98 Å². The van der Waals surface area contributed by atoms with Crippen molar-refractivity contribution in [3.63, 3.8) is 0 Å². The van der Waals surface area contributed by atoms with Crippen molar-refractivity contribution in [1.82, 2.24) is 15.0 Å². The van der Waals surface area contributed by atoms with Crippen LogP contribution in [-0.4, -0.2) is 15.0 Å². The summed E-state index contributed by atoms with van der Waals surface area (Å²) in [6.07, 6.45) is 5.26. The van der Waals surface area contributed by atoms with E-state index >= 15 is 0 Å². The van der Waals surface area contributed by atoms with Crippen LogP contribution in [0, 0.1) is 0 Å². The van der Waals surface area contributed by atoms with E-state index in [1.807, 2.05) is 30.3 Å². The number of fused-ring (bicyclic) bond motifs is 1. The Bertz CT molecular complexity index is 631. The van der Waals surface area contributed by atoms with Gasteiger partial charge in [0.1, 0.15) is 5.82 Å². The topological polar surface area (TPSA) is 67.6 Å². The normalized spacial score (nSPS) is 12.8. The van der Waals surface area contributed by atoms with E-state index in [-0.39, 0.29) is 6.04 Å². The highest BCUT2D eigenvalue weighted by Gasteiger charge is 2.11. The predicted molar refractivity (Wildman–Crippen MR) is 66.4 cm³/mol. The van der Waals surface area contributed by atoms with Crippen LogP contribution in [0.4, 0.5) is 0 Å². The molecule has 3 N–H and O–H groups in total. The monoisotopic (exact) mass is 224 g/mol. The van der Waals surface area contributed by atoms with Crippen molar-refractivity contribution in [3.05, 3.63) is 60.3 Å². The summed E-state index contributed by atoms with van der Waals surface area (Å²) in [4.78, 5) is 11.5. The van der Waals surface area contributed by atoms with E-state index < -0.39 is 0 Å². The van der Waals surface area contributed by atoms with Crippen LogP contribution in [0.25, 0.3) is 10.9 Å². The summed E-state index contributed by atoms with van der Waals surface area (Å²) in [6, 6.07) is 9.76. The highest BCUT2D eigenvalue weighted by molar-refractivity contribution is 5.79. The molecule has 1 unspecified atom stereocenters. The SMILES string of the molecule is NC(c1ccc2cccnc2c1)c1ncc[nH]1. The molecule has 2 heterocycles. The first-order chi connectivity index (χ1) is 8.34. The number of benzene rings is 1. The van der Waals surface area contributed by atoms with Crippen LogP contribution < -0.4 is 5.73 Å². The second-order valence-corrected chi connectivity index (χ2v) is 3.91. The van der Waals surface area contributed by atoms with Gasteiger partial charge in [-0.1, -0.05) is 18.2 Å². The molecule has 0 radical (unpaired) electrons. The molecule has 4 nitrogen and oxygen atoms in total. The van der Waals surface area contributed by atoms with Crippen LogP contribution in [0.2, 0.25) is 0 Å². The number of hydrogen-bond acceptors (Lipinski definition) is 3. The van der Waals surface area contributed by atoms with Crippen molar-refractivity contribution in [1.29, 1.82) is 0 Å². The van der Waals surface area contributed by atoms with Gasteiger partial charge in [-0.05, 0) is 17.7 Å². The third-order valence-electron chi connectivity index (χ3n) is 2.80. The van der Waals surface area contributed by atoms with Crippen molar-refractivity contribution in [3.8, 4) is 0 Å². The van der Waals surface area contributed by atoms with Crippen molar-refractivity contribution in [2.24, 2.45) is 5.73 Å². The van der Waals surface area contributed by atoms with E-state index in [1.165, 1.54) is 0 Å². The Morgan fingerprint density at radius 1 is 1.12 bits per heavy atom. The minimum absolute atomic E-state index is 0.239. The van der Waals surface area contributed by atoms with Crippen LogP contribution in [0.1, 0.15) is 17.4 Å². The zero-order valence-electron chi connectivity index (χ0n) is 9.17. The molecule has 4 heteroatoms. The molecule has 1 aromatic carbocycles. The predicted octanol–water partition coefficient (Wildman–Crippen LogP) is 2.01. The molecule has 0 bridgehead atoms. The van der Waals surface area contributed by atoms with Crippen molar-refractivity contribution in [2.45, 2.75) is 6.04 Å². The number of aromatic nitrogens is 3. The molecule has 0 aliphatic carbocycles. The molecule has 0 fully saturated rings. The van der Waals surface area contributed by atoms with E-state index in [0.29, 0.717) is 0 Å². The van der Waals surface area contributed by atoms with E-state index in [2.05, 4.69) is 15.0 Å². The zero-order chi connectivity index (χ0) is 11.7. The number of H-pyrrole nitrogens is 1. The molecule has 3 aromatic rings. The van der Waals surface area contributed by atoms with E-state index in [0.717, 1.165) is 22.3 Å². The number of nitrogens with two attached hydrogens (primary N) is 1. The lowest BCUT2D eigenvalue weighted by Crippen LogP contribution is -2.13. The number of imidazole rings is 1. The Morgan fingerprint density at radius 3 is 2.88 bits per heavy atom. The molecule has 84 valence electrons. The molecule has 0 aliphatic rings. The number of nitrogens with zero attached hydrogens (tertiary/aromatic N) is 2. The van der Waals surface area contributed by atoms with Gasteiger partial charge in [-0.15, -0.1) is 0 Å². The lowest BCUT2D eigenvalue weighted by atomic mass is 10.0. The maximum Gasteiger partial charge on any atom is 0.127 e. The first-order valence-electron chi connectivity index (χ1n) is 5.44. The molecule has 0 aliphatic heterocycles. The number of pyridine rings is 1.